The highest BCUT2D eigenvalue weighted by Crippen LogP contribution is 2.14. The molecule has 10 nitrogen and oxygen atoms in total. The Kier molecular flexibility index (Phi) is 44.0. The van der Waals surface area contributed by atoms with E-state index in [1.807, 2.05) is 0 Å². The predicted octanol–water partition coefficient (Wildman–Crippen LogP) is 10.4. The topological polar surface area (TPSA) is 158 Å². The summed E-state index contributed by atoms with van der Waals surface area (Å²) in [6.45, 7) is 8.07. The summed E-state index contributed by atoms with van der Waals surface area (Å²) >= 11 is 0. The summed E-state index contributed by atoms with van der Waals surface area (Å²) in [5, 5.41) is 9.32. The summed E-state index contributed by atoms with van der Waals surface area (Å²) in [5.74, 6) is -1.71. The van der Waals surface area contributed by atoms with Gasteiger partial charge in [0, 0.05) is 32.5 Å². The second kappa shape index (κ2) is 45.8. The second-order valence-electron chi connectivity index (χ2n) is 16.2. The fraction of sp³-hybridized carbons (Fsp3) is 0.854. The number of carbonyl (C=O) groups excluding carboxylic acids is 3. The van der Waals surface area contributed by atoms with E-state index in [2.05, 4.69) is 54.1 Å². The van der Waals surface area contributed by atoms with Crippen LogP contribution >= 0.6 is 0 Å². The maximum absolute atomic E-state index is 13.5. The lowest BCUT2D eigenvalue weighted by Crippen LogP contribution is -2.47. The number of allylic oxidation sites excluding steroid dienone is 4. The Hall–Kier alpha value is -2.27. The summed E-state index contributed by atoms with van der Waals surface area (Å²) < 4.78 is 11.2. The highest BCUT2D eigenvalue weighted by Gasteiger charge is 2.26. The average molecular weight is 820 g/mol. The molecule has 1 atom stereocenters. The molecular formula is C48H93N5O5. The Morgan fingerprint density at radius 3 is 1.34 bits per heavy atom. The number of unbranched alkanes of at least 4 members (excludes halogenated alkanes) is 23. The molecule has 0 saturated carbocycles. The third-order valence-electron chi connectivity index (χ3n) is 10.6. The van der Waals surface area contributed by atoms with Crippen molar-refractivity contribution in [1.82, 2.24) is 16.0 Å². The van der Waals surface area contributed by atoms with Crippen molar-refractivity contribution in [1.29, 1.82) is 0 Å². The fourth-order valence-electron chi connectivity index (χ4n) is 6.85. The van der Waals surface area contributed by atoms with Crippen molar-refractivity contribution in [3.8, 4) is 0 Å². The minimum atomic E-state index is -1.45. The molecule has 10 heteroatoms. The van der Waals surface area contributed by atoms with Crippen LogP contribution in [-0.4, -0.2) is 63.5 Å². The van der Waals surface area contributed by atoms with Crippen molar-refractivity contribution in [3.05, 3.63) is 24.3 Å². The summed E-state index contributed by atoms with van der Waals surface area (Å²) in [6.07, 6.45) is 41.2. The predicted molar refractivity (Wildman–Crippen MR) is 244 cm³/mol. The van der Waals surface area contributed by atoms with E-state index < -0.39 is 24.3 Å². The van der Waals surface area contributed by atoms with Crippen molar-refractivity contribution >= 4 is 17.8 Å². The van der Waals surface area contributed by atoms with Gasteiger partial charge in [-0.15, -0.1) is 0 Å². The Labute approximate surface area is 357 Å². The number of rotatable bonds is 45. The van der Waals surface area contributed by atoms with Crippen LogP contribution in [-0.2, 0) is 23.9 Å². The number of esters is 2. The summed E-state index contributed by atoms with van der Waals surface area (Å²) in [6, 6.07) is 0. The number of ether oxygens (including phenoxy) is 2. The molecule has 0 rings (SSSR count). The van der Waals surface area contributed by atoms with Crippen LogP contribution in [0.25, 0.3) is 0 Å². The fourth-order valence-corrected chi connectivity index (χ4v) is 6.85. The number of hydrogen-bond acceptors (Lipinski definition) is 9. The van der Waals surface area contributed by atoms with E-state index in [-0.39, 0.29) is 18.7 Å². The van der Waals surface area contributed by atoms with Gasteiger partial charge in [-0.1, -0.05) is 141 Å². The summed E-state index contributed by atoms with van der Waals surface area (Å²) in [7, 11) is 0. The lowest BCUT2D eigenvalue weighted by molar-refractivity contribution is -0.195. The lowest BCUT2D eigenvalue weighted by Gasteiger charge is -2.23. The number of nitrogens with one attached hydrogen (secondary N) is 3. The molecule has 0 aromatic heterocycles. The molecule has 0 bridgehead atoms. The molecule has 1 unspecified atom stereocenters. The Morgan fingerprint density at radius 2 is 0.914 bits per heavy atom. The number of nitrogens with two attached hydrogens (primary N) is 2. The van der Waals surface area contributed by atoms with Gasteiger partial charge in [0.25, 0.3) is 0 Å². The van der Waals surface area contributed by atoms with Gasteiger partial charge in [-0.05, 0) is 103 Å². The average Bonchev–Trinajstić information content (AvgIpc) is 3.21. The van der Waals surface area contributed by atoms with E-state index in [1.54, 1.807) is 0 Å². The Morgan fingerprint density at radius 1 is 0.483 bits per heavy atom. The molecule has 0 spiro atoms. The van der Waals surface area contributed by atoms with Crippen LogP contribution in [0.5, 0.6) is 0 Å². The van der Waals surface area contributed by atoms with E-state index in [9.17, 15) is 14.4 Å². The molecule has 58 heavy (non-hydrogen) atoms. The number of amides is 1. The minimum Gasteiger partial charge on any atom is -0.406 e. The van der Waals surface area contributed by atoms with Crippen molar-refractivity contribution < 1.29 is 23.9 Å². The van der Waals surface area contributed by atoms with Crippen LogP contribution in [0.3, 0.4) is 0 Å². The Bertz CT molecular complexity index is 924. The van der Waals surface area contributed by atoms with Gasteiger partial charge in [0.2, 0.25) is 5.91 Å². The van der Waals surface area contributed by atoms with Crippen LogP contribution in [0.15, 0.2) is 24.3 Å². The molecule has 0 aromatic rings. The normalized spacial score (nSPS) is 12.2. The molecular weight excluding hydrogens is 727 g/mol. The van der Waals surface area contributed by atoms with Crippen LogP contribution in [0, 0.1) is 5.92 Å². The van der Waals surface area contributed by atoms with Crippen LogP contribution in [0.4, 0.5) is 0 Å². The highest BCUT2D eigenvalue weighted by atomic mass is 16.7. The first kappa shape index (κ1) is 55.7. The van der Waals surface area contributed by atoms with Crippen molar-refractivity contribution in [3.63, 3.8) is 0 Å². The first-order valence-corrected chi connectivity index (χ1v) is 24.3. The zero-order valence-electron chi connectivity index (χ0n) is 37.8. The van der Waals surface area contributed by atoms with Gasteiger partial charge >= 0.3 is 18.4 Å². The SMILES string of the molecule is CCCCCCCC/C=C\CCCCCCCC(=O)OC(NC(=O)C(CCNCCCCN)CNCCN)OC(=O)CCCCCCC/C=C\CCCCCCCC. The molecule has 0 saturated heterocycles. The third kappa shape index (κ3) is 40.5. The van der Waals surface area contributed by atoms with Crippen LogP contribution in [0.2, 0.25) is 0 Å². The molecule has 1 amide bonds. The molecule has 7 N–H and O–H groups in total. The third-order valence-corrected chi connectivity index (χ3v) is 10.6. The van der Waals surface area contributed by atoms with Crippen LogP contribution in [0.1, 0.15) is 213 Å². The largest absolute Gasteiger partial charge is 0.406 e. The summed E-state index contributed by atoms with van der Waals surface area (Å²) in [4.78, 5) is 39.3. The van der Waals surface area contributed by atoms with E-state index in [1.165, 1.54) is 89.9 Å². The second-order valence-corrected chi connectivity index (χ2v) is 16.2. The molecule has 0 aliphatic carbocycles. The Balaban J connectivity index is 4.76. The first-order chi connectivity index (χ1) is 28.5. The maximum Gasteiger partial charge on any atom is 0.331 e. The van der Waals surface area contributed by atoms with E-state index in [0.717, 1.165) is 83.6 Å². The van der Waals surface area contributed by atoms with Gasteiger partial charge in [-0.3, -0.25) is 19.7 Å². The van der Waals surface area contributed by atoms with Gasteiger partial charge in [0.1, 0.15) is 0 Å². The maximum atomic E-state index is 13.5. The van der Waals surface area contributed by atoms with Gasteiger partial charge in [-0.2, -0.15) is 0 Å². The van der Waals surface area contributed by atoms with Crippen molar-refractivity contribution in [2.45, 2.75) is 219 Å². The minimum absolute atomic E-state index is 0.213. The smallest absolute Gasteiger partial charge is 0.331 e. The van der Waals surface area contributed by atoms with Gasteiger partial charge < -0.3 is 31.6 Å². The molecule has 0 aliphatic rings. The van der Waals surface area contributed by atoms with E-state index >= 15 is 0 Å². The number of hydrogen-bond donors (Lipinski definition) is 5. The van der Waals surface area contributed by atoms with Crippen LogP contribution < -0.4 is 27.4 Å². The van der Waals surface area contributed by atoms with Gasteiger partial charge in [0.15, 0.2) is 0 Å². The zero-order chi connectivity index (χ0) is 42.4. The molecule has 340 valence electrons. The molecule has 0 fully saturated rings. The number of carbonyl (C=O) groups is 3. The molecule has 0 heterocycles. The first-order valence-electron chi connectivity index (χ1n) is 24.3. The van der Waals surface area contributed by atoms with E-state index in [0.29, 0.717) is 52.0 Å². The lowest BCUT2D eigenvalue weighted by atomic mass is 10.0. The van der Waals surface area contributed by atoms with E-state index in [4.69, 9.17) is 20.9 Å². The molecule has 0 aliphatic heterocycles. The van der Waals surface area contributed by atoms with Gasteiger partial charge in [0.05, 0.1) is 5.92 Å². The zero-order valence-corrected chi connectivity index (χ0v) is 37.8. The molecule has 0 radical (unpaired) electrons. The quantitative estimate of drug-likeness (QED) is 0.0175. The standard InChI is InChI=1S/C48H93N5O5/c1-3-5-7-9-11-13-15-17-19-21-23-25-27-29-31-35-45(54)57-48(53-47(56)44(43-52-42-39-50)37-41-51-40-34-33-38-49)58-46(55)36-32-30-28-26-24-22-20-18-16-14-12-10-8-6-4-2/h17-20,44,48,51-52H,3-16,21-43,49-50H2,1-2H3,(H,53,56)/b19-17-,20-18-. The van der Waals surface area contributed by atoms with Crippen molar-refractivity contribution in [2.24, 2.45) is 17.4 Å². The van der Waals surface area contributed by atoms with Crippen molar-refractivity contribution in [2.75, 3.05) is 39.3 Å². The summed E-state index contributed by atoms with van der Waals surface area (Å²) in [5.41, 5.74) is 11.3. The molecule has 0 aromatic carbocycles. The highest BCUT2D eigenvalue weighted by molar-refractivity contribution is 5.80. The monoisotopic (exact) mass is 820 g/mol. The van der Waals surface area contributed by atoms with Gasteiger partial charge in [-0.25, -0.2) is 0 Å².